The fourth-order valence-corrected chi connectivity index (χ4v) is 4.75. The molecule has 8 nitrogen and oxygen atoms in total. The van der Waals surface area contributed by atoms with Crippen LogP contribution < -0.4 is 19.6 Å². The number of ether oxygens (including phenoxy) is 3. The minimum absolute atomic E-state index is 0.549. The van der Waals surface area contributed by atoms with Gasteiger partial charge in [0, 0.05) is 23.5 Å². The number of fused-ring (bicyclic) bond motifs is 3. The smallest absolute Gasteiger partial charge is 0.203 e. The molecule has 1 aromatic carbocycles. The van der Waals surface area contributed by atoms with Gasteiger partial charge in [0.05, 0.1) is 32.9 Å². The molecule has 1 aliphatic heterocycles. The fourth-order valence-electron chi connectivity index (χ4n) is 3.48. The molecule has 0 spiro atoms. The Hall–Kier alpha value is -2.91. The zero-order valence-corrected chi connectivity index (χ0v) is 17.7. The number of nitrogens with one attached hydrogen (secondary N) is 1. The summed E-state index contributed by atoms with van der Waals surface area (Å²) in [4.78, 5) is 13.5. The van der Waals surface area contributed by atoms with Crippen LogP contribution in [0.25, 0.3) is 10.2 Å². The van der Waals surface area contributed by atoms with Crippen LogP contribution in [-0.4, -0.2) is 56.0 Å². The molecule has 0 atom stereocenters. The number of methoxy groups -OCH3 is 3. The summed E-state index contributed by atoms with van der Waals surface area (Å²) in [5.74, 6) is 2.43. The Morgan fingerprint density at radius 3 is 2.59 bits per heavy atom. The summed E-state index contributed by atoms with van der Waals surface area (Å²) in [5, 5.41) is 5.46. The van der Waals surface area contributed by atoms with E-state index in [-0.39, 0.29) is 0 Å². The largest absolute Gasteiger partial charge is 0.493 e. The quantitative estimate of drug-likeness (QED) is 0.491. The Morgan fingerprint density at radius 1 is 1.14 bits per heavy atom. The normalized spacial score (nSPS) is 14.2. The van der Waals surface area contributed by atoms with Crippen LogP contribution in [0.15, 0.2) is 23.6 Å². The fraction of sp³-hybridized carbons (Fsp3) is 0.350. The third-order valence-electron chi connectivity index (χ3n) is 4.90. The Balaban J connectivity index is 1.63. The molecule has 0 saturated carbocycles. The first-order valence-electron chi connectivity index (χ1n) is 9.17. The molecule has 4 rings (SSSR count). The van der Waals surface area contributed by atoms with Gasteiger partial charge in [-0.1, -0.05) is 0 Å². The highest BCUT2D eigenvalue weighted by Crippen LogP contribution is 2.38. The highest BCUT2D eigenvalue weighted by Gasteiger charge is 2.22. The number of anilines is 1. The van der Waals surface area contributed by atoms with Gasteiger partial charge in [-0.3, -0.25) is 5.43 Å². The SMILES string of the molecule is COc1cc(/C=N/Nc2ncnc3sc4c(c23)CCN(C)C4)cc(OC)c1OC. The van der Waals surface area contributed by atoms with Crippen LogP contribution in [0.1, 0.15) is 16.0 Å². The lowest BCUT2D eigenvalue weighted by molar-refractivity contribution is 0.318. The molecular formula is C20H23N5O3S. The van der Waals surface area contributed by atoms with Crippen LogP contribution in [0.4, 0.5) is 5.82 Å². The molecule has 3 aromatic rings. The number of benzene rings is 1. The second-order valence-corrected chi connectivity index (χ2v) is 7.81. The van der Waals surface area contributed by atoms with Crippen LogP contribution in [0.2, 0.25) is 0 Å². The molecule has 0 unspecified atom stereocenters. The third-order valence-corrected chi connectivity index (χ3v) is 6.02. The molecule has 0 amide bonds. The lowest BCUT2D eigenvalue weighted by Crippen LogP contribution is -2.25. The van der Waals surface area contributed by atoms with Crippen molar-refractivity contribution in [3.05, 3.63) is 34.5 Å². The van der Waals surface area contributed by atoms with Crippen LogP contribution in [0.3, 0.4) is 0 Å². The second kappa shape index (κ2) is 8.22. The van der Waals surface area contributed by atoms with Crippen LogP contribution in [0, 0.1) is 0 Å². The lowest BCUT2D eigenvalue weighted by Gasteiger charge is -2.22. The minimum atomic E-state index is 0.549. The van der Waals surface area contributed by atoms with Crippen molar-refractivity contribution in [2.24, 2.45) is 5.10 Å². The van der Waals surface area contributed by atoms with Gasteiger partial charge in [-0.05, 0) is 31.2 Å². The molecule has 0 radical (unpaired) electrons. The summed E-state index contributed by atoms with van der Waals surface area (Å²) in [6.07, 6.45) is 4.26. The average molecular weight is 414 g/mol. The van der Waals surface area contributed by atoms with E-state index in [1.807, 2.05) is 12.1 Å². The second-order valence-electron chi connectivity index (χ2n) is 6.72. The summed E-state index contributed by atoms with van der Waals surface area (Å²) >= 11 is 1.73. The number of thiophene rings is 1. The molecule has 1 N–H and O–H groups in total. The Labute approximate surface area is 173 Å². The highest BCUT2D eigenvalue weighted by molar-refractivity contribution is 7.18. The number of hydrazone groups is 1. The van der Waals surface area contributed by atoms with E-state index >= 15 is 0 Å². The summed E-state index contributed by atoms with van der Waals surface area (Å²) in [7, 11) is 6.89. The molecule has 0 aliphatic carbocycles. The van der Waals surface area contributed by atoms with Gasteiger partial charge in [0.15, 0.2) is 17.3 Å². The molecule has 0 bridgehead atoms. The van der Waals surface area contributed by atoms with E-state index in [0.29, 0.717) is 17.2 Å². The van der Waals surface area contributed by atoms with Crippen molar-refractivity contribution in [1.29, 1.82) is 0 Å². The molecule has 9 heteroatoms. The van der Waals surface area contributed by atoms with Crippen molar-refractivity contribution >= 4 is 33.6 Å². The summed E-state index contributed by atoms with van der Waals surface area (Å²) < 4.78 is 16.1. The van der Waals surface area contributed by atoms with Crippen molar-refractivity contribution in [1.82, 2.24) is 14.9 Å². The van der Waals surface area contributed by atoms with E-state index in [1.165, 1.54) is 10.4 Å². The number of hydrogen-bond donors (Lipinski definition) is 1. The number of aromatic nitrogens is 2. The van der Waals surface area contributed by atoms with Crippen LogP contribution in [-0.2, 0) is 13.0 Å². The zero-order valence-electron chi connectivity index (χ0n) is 16.9. The van der Waals surface area contributed by atoms with Crippen molar-refractivity contribution in [3.63, 3.8) is 0 Å². The van der Waals surface area contributed by atoms with Crippen LogP contribution >= 0.6 is 11.3 Å². The number of rotatable bonds is 6. The summed E-state index contributed by atoms with van der Waals surface area (Å²) in [6.45, 7) is 1.98. The lowest BCUT2D eigenvalue weighted by atomic mass is 10.1. The van der Waals surface area contributed by atoms with E-state index in [2.05, 4.69) is 32.4 Å². The van der Waals surface area contributed by atoms with Crippen molar-refractivity contribution < 1.29 is 14.2 Å². The van der Waals surface area contributed by atoms with Gasteiger partial charge in [-0.2, -0.15) is 5.10 Å². The Morgan fingerprint density at radius 2 is 1.90 bits per heavy atom. The van der Waals surface area contributed by atoms with E-state index in [4.69, 9.17) is 14.2 Å². The first-order valence-corrected chi connectivity index (χ1v) is 9.99. The van der Waals surface area contributed by atoms with Crippen LogP contribution in [0.5, 0.6) is 17.2 Å². The first kappa shape index (κ1) is 19.4. The van der Waals surface area contributed by atoms with Gasteiger partial charge in [0.25, 0.3) is 0 Å². The third kappa shape index (κ3) is 3.70. The molecular weight excluding hydrogens is 390 g/mol. The van der Waals surface area contributed by atoms with Crippen molar-refractivity contribution in [3.8, 4) is 17.2 Å². The predicted molar refractivity (Wildman–Crippen MR) is 115 cm³/mol. The summed E-state index contributed by atoms with van der Waals surface area (Å²) in [6, 6.07) is 3.68. The number of likely N-dealkylation sites (N-methyl/N-ethyl adjacent to an activating group) is 1. The molecule has 3 heterocycles. The van der Waals surface area contributed by atoms with Gasteiger partial charge in [-0.25, -0.2) is 9.97 Å². The number of hydrogen-bond acceptors (Lipinski definition) is 9. The summed E-state index contributed by atoms with van der Waals surface area (Å²) in [5.41, 5.74) is 5.22. The minimum Gasteiger partial charge on any atom is -0.493 e. The van der Waals surface area contributed by atoms with Gasteiger partial charge in [0.1, 0.15) is 11.2 Å². The predicted octanol–water partition coefficient (Wildman–Crippen LogP) is 3.15. The zero-order chi connectivity index (χ0) is 20.4. The van der Waals surface area contributed by atoms with E-state index in [1.54, 1.807) is 45.2 Å². The molecule has 152 valence electrons. The monoisotopic (exact) mass is 413 g/mol. The van der Waals surface area contributed by atoms with E-state index in [9.17, 15) is 0 Å². The molecule has 0 fully saturated rings. The molecule has 29 heavy (non-hydrogen) atoms. The van der Waals surface area contributed by atoms with Gasteiger partial charge in [0.2, 0.25) is 5.75 Å². The maximum atomic E-state index is 5.39. The molecule has 2 aromatic heterocycles. The molecule has 0 saturated heterocycles. The van der Waals surface area contributed by atoms with Gasteiger partial charge in [-0.15, -0.1) is 11.3 Å². The number of nitrogens with zero attached hydrogens (tertiary/aromatic N) is 4. The first-order chi connectivity index (χ1) is 14.1. The molecule has 1 aliphatic rings. The van der Waals surface area contributed by atoms with E-state index in [0.717, 1.165) is 41.1 Å². The highest BCUT2D eigenvalue weighted by atomic mass is 32.1. The topological polar surface area (TPSA) is 81.1 Å². The average Bonchev–Trinajstić information content (AvgIpc) is 3.11. The maximum Gasteiger partial charge on any atom is 0.203 e. The Bertz CT molecular complexity index is 1040. The standard InChI is InChI=1S/C20H23N5O3S/c1-25-6-5-13-16(10-25)29-20-17(13)19(21-11-22-20)24-23-9-12-7-14(26-2)18(28-4)15(8-12)27-3/h7-9,11H,5-6,10H2,1-4H3,(H,21,22,24)/b23-9+. The van der Waals surface area contributed by atoms with Crippen molar-refractivity contribution in [2.45, 2.75) is 13.0 Å². The van der Waals surface area contributed by atoms with Gasteiger partial charge >= 0.3 is 0 Å². The van der Waals surface area contributed by atoms with Gasteiger partial charge < -0.3 is 19.1 Å². The maximum absolute atomic E-state index is 5.39. The van der Waals surface area contributed by atoms with Crippen molar-refractivity contribution in [2.75, 3.05) is 40.3 Å². The van der Waals surface area contributed by atoms with E-state index < -0.39 is 0 Å². The Kier molecular flexibility index (Phi) is 5.50.